The van der Waals surface area contributed by atoms with Crippen molar-refractivity contribution in [3.05, 3.63) is 218 Å². The Kier molecular flexibility index (Phi) is 7.33. The minimum atomic E-state index is 1.23. The van der Waals surface area contributed by atoms with Gasteiger partial charge in [-0.25, -0.2) is 0 Å². The highest BCUT2D eigenvalue weighted by Gasteiger charge is 2.16. The second-order valence-corrected chi connectivity index (χ2v) is 15.7. The average Bonchev–Trinajstić information content (AvgIpc) is 3.30. The largest absolute Gasteiger partial charge is 0.0616 e. The maximum Gasteiger partial charge on any atom is -0.00259 e. The fraction of sp³-hybridized carbons (Fsp3) is 0. The fourth-order valence-corrected chi connectivity index (χ4v) is 9.38. The van der Waals surface area contributed by atoms with E-state index < -0.39 is 0 Å². The van der Waals surface area contributed by atoms with Gasteiger partial charge in [0.25, 0.3) is 0 Å². The van der Waals surface area contributed by atoms with E-state index in [0.29, 0.717) is 0 Å². The van der Waals surface area contributed by atoms with Gasteiger partial charge in [0, 0.05) is 0 Å². The molecule has 0 saturated carbocycles. The first kappa shape index (κ1) is 32.7. The predicted octanol–water partition coefficient (Wildman–Crippen LogP) is 16.4. The van der Waals surface area contributed by atoms with Crippen LogP contribution in [-0.4, -0.2) is 0 Å². The van der Waals surface area contributed by atoms with E-state index in [2.05, 4.69) is 218 Å². The molecular formula is C58H36. The maximum absolute atomic E-state index is 2.43. The summed E-state index contributed by atoms with van der Waals surface area (Å²) in [6.45, 7) is 0. The molecule has 0 aliphatic rings. The molecular weight excluding hydrogens is 697 g/mol. The van der Waals surface area contributed by atoms with Crippen LogP contribution in [0.3, 0.4) is 0 Å². The zero-order valence-electron chi connectivity index (χ0n) is 31.8. The third-order valence-corrected chi connectivity index (χ3v) is 12.3. The van der Waals surface area contributed by atoms with Crippen LogP contribution in [0.5, 0.6) is 0 Å². The van der Waals surface area contributed by atoms with Gasteiger partial charge in [-0.05, 0) is 168 Å². The lowest BCUT2D eigenvalue weighted by Gasteiger charge is -2.17. The van der Waals surface area contributed by atoms with Crippen LogP contribution in [-0.2, 0) is 0 Å². The lowest BCUT2D eigenvalue weighted by Crippen LogP contribution is -1.89. The molecule has 0 radical (unpaired) electrons. The minimum absolute atomic E-state index is 1.23. The summed E-state index contributed by atoms with van der Waals surface area (Å²) in [4.78, 5) is 0. The molecule has 268 valence electrons. The third-order valence-electron chi connectivity index (χ3n) is 12.3. The first-order valence-corrected chi connectivity index (χ1v) is 20.1. The quantitative estimate of drug-likeness (QED) is 0.158. The molecule has 0 spiro atoms. The van der Waals surface area contributed by atoms with Crippen molar-refractivity contribution in [2.75, 3.05) is 0 Å². The third kappa shape index (κ3) is 5.38. The Bertz CT molecular complexity index is 3390. The van der Waals surface area contributed by atoms with Crippen molar-refractivity contribution in [2.45, 2.75) is 0 Å². The topological polar surface area (TPSA) is 0 Å². The van der Waals surface area contributed by atoms with Crippen LogP contribution >= 0.6 is 0 Å². The van der Waals surface area contributed by atoms with Gasteiger partial charge in [-0.3, -0.25) is 0 Å². The second kappa shape index (κ2) is 13.0. The van der Waals surface area contributed by atoms with Gasteiger partial charge in [-0.1, -0.05) is 170 Å². The summed E-state index contributed by atoms with van der Waals surface area (Å²) in [5.74, 6) is 0. The highest BCUT2D eigenvalue weighted by Crippen LogP contribution is 2.43. The molecule has 0 heteroatoms. The van der Waals surface area contributed by atoms with Gasteiger partial charge in [0.05, 0.1) is 0 Å². The number of benzene rings is 12. The molecule has 0 saturated heterocycles. The van der Waals surface area contributed by atoms with Gasteiger partial charge in [0.2, 0.25) is 0 Å². The van der Waals surface area contributed by atoms with Crippen LogP contribution in [0, 0.1) is 0 Å². The van der Waals surface area contributed by atoms with Crippen molar-refractivity contribution in [1.29, 1.82) is 0 Å². The van der Waals surface area contributed by atoms with E-state index in [0.717, 1.165) is 0 Å². The molecule has 0 nitrogen and oxygen atoms in total. The van der Waals surface area contributed by atoms with Crippen molar-refractivity contribution in [1.82, 2.24) is 0 Å². The highest BCUT2D eigenvalue weighted by atomic mass is 14.2. The second-order valence-electron chi connectivity index (χ2n) is 15.7. The lowest BCUT2D eigenvalue weighted by atomic mass is 9.87. The normalized spacial score (nSPS) is 11.8. The Morgan fingerprint density at radius 1 is 0.172 bits per heavy atom. The van der Waals surface area contributed by atoms with Gasteiger partial charge in [0.1, 0.15) is 0 Å². The number of hydrogen-bond donors (Lipinski definition) is 0. The summed E-state index contributed by atoms with van der Waals surface area (Å²) in [6, 6.07) is 81.0. The first-order chi connectivity index (χ1) is 28.7. The van der Waals surface area contributed by atoms with Gasteiger partial charge >= 0.3 is 0 Å². The Labute approximate surface area is 336 Å². The SMILES string of the molecule is c1ccc2cc(-c3ccc4cc(-c5cc6cc(-c7ccc8cc(-c9ccc%10ccccc%10c9)ccc8c7)c7ccccc7c6c6ccccc56)ccc4c3)ccc2c1. The predicted molar refractivity (Wildman–Crippen MR) is 251 cm³/mol. The molecule has 0 unspecified atom stereocenters. The summed E-state index contributed by atoms with van der Waals surface area (Å²) >= 11 is 0. The average molecular weight is 733 g/mol. The van der Waals surface area contributed by atoms with Crippen LogP contribution in [0.25, 0.3) is 120 Å². The molecule has 0 heterocycles. The molecule has 0 bridgehead atoms. The summed E-state index contributed by atoms with van der Waals surface area (Å²) in [5, 5.41) is 17.7. The van der Waals surface area contributed by atoms with Crippen molar-refractivity contribution in [2.24, 2.45) is 0 Å². The van der Waals surface area contributed by atoms with E-state index >= 15 is 0 Å². The number of hydrogen-bond acceptors (Lipinski definition) is 0. The van der Waals surface area contributed by atoms with Crippen LogP contribution in [0.2, 0.25) is 0 Å². The maximum atomic E-state index is 2.43. The van der Waals surface area contributed by atoms with Crippen molar-refractivity contribution >= 4 is 75.4 Å². The van der Waals surface area contributed by atoms with E-state index in [1.54, 1.807) is 0 Å². The molecule has 0 aliphatic carbocycles. The Morgan fingerprint density at radius 2 is 0.448 bits per heavy atom. The van der Waals surface area contributed by atoms with Crippen LogP contribution in [0.15, 0.2) is 218 Å². The van der Waals surface area contributed by atoms with Crippen molar-refractivity contribution in [3.63, 3.8) is 0 Å². The molecule has 0 atom stereocenters. The van der Waals surface area contributed by atoms with Gasteiger partial charge in [-0.15, -0.1) is 0 Å². The van der Waals surface area contributed by atoms with E-state index in [9.17, 15) is 0 Å². The molecule has 0 fully saturated rings. The lowest BCUT2D eigenvalue weighted by molar-refractivity contribution is 1.66. The van der Waals surface area contributed by atoms with E-state index in [-0.39, 0.29) is 0 Å². The van der Waals surface area contributed by atoms with E-state index in [1.807, 2.05) is 0 Å². The molecule has 12 aromatic carbocycles. The monoisotopic (exact) mass is 732 g/mol. The van der Waals surface area contributed by atoms with Crippen molar-refractivity contribution in [3.8, 4) is 44.5 Å². The molecule has 58 heavy (non-hydrogen) atoms. The van der Waals surface area contributed by atoms with Gasteiger partial charge in [0.15, 0.2) is 0 Å². The van der Waals surface area contributed by atoms with Gasteiger partial charge in [-0.2, -0.15) is 0 Å². The van der Waals surface area contributed by atoms with E-state index in [1.165, 1.54) is 120 Å². The zero-order valence-corrected chi connectivity index (χ0v) is 31.8. The number of rotatable bonds is 4. The van der Waals surface area contributed by atoms with Crippen molar-refractivity contribution < 1.29 is 0 Å². The molecule has 0 aliphatic heterocycles. The number of fused-ring (bicyclic) bond motifs is 9. The Balaban J connectivity index is 0.978. The van der Waals surface area contributed by atoms with Crippen LogP contribution < -0.4 is 0 Å². The molecule has 12 aromatic rings. The first-order valence-electron chi connectivity index (χ1n) is 20.1. The summed E-state index contributed by atoms with van der Waals surface area (Å²) in [5.41, 5.74) is 9.92. The Morgan fingerprint density at radius 3 is 0.845 bits per heavy atom. The fourth-order valence-electron chi connectivity index (χ4n) is 9.38. The molecule has 12 rings (SSSR count). The summed E-state index contributed by atoms with van der Waals surface area (Å²) in [6.07, 6.45) is 0. The van der Waals surface area contributed by atoms with Gasteiger partial charge < -0.3 is 0 Å². The molecule has 0 amide bonds. The smallest absolute Gasteiger partial charge is 0.00259 e. The summed E-state index contributed by atoms with van der Waals surface area (Å²) in [7, 11) is 0. The van der Waals surface area contributed by atoms with Crippen LogP contribution in [0.4, 0.5) is 0 Å². The zero-order chi connectivity index (χ0) is 38.2. The van der Waals surface area contributed by atoms with Crippen LogP contribution in [0.1, 0.15) is 0 Å². The standard InChI is InChI=1S/C58H36/c1-3-11-39-29-41(19-17-37(39)9-1)43-21-23-47-33-49(27-25-45(47)31-43)56-35-51-36-57(53-14-6-8-16-55(53)58(51)54-15-7-5-13-52(54)56)50-28-26-46-32-44(22-24-48(46)34-50)42-20-18-38-10-2-4-12-40(38)30-42/h1-36H. The van der Waals surface area contributed by atoms with E-state index in [4.69, 9.17) is 0 Å². The Hall–Kier alpha value is -7.54. The minimum Gasteiger partial charge on any atom is -0.0616 e. The summed E-state index contributed by atoms with van der Waals surface area (Å²) < 4.78 is 0. The molecule has 0 aromatic heterocycles. The molecule has 0 N–H and O–H groups in total. The highest BCUT2D eigenvalue weighted by molar-refractivity contribution is 6.26.